The Labute approximate surface area is 123 Å². The van der Waals surface area contributed by atoms with Crippen LogP contribution in [0.4, 0.5) is 5.13 Å². The molecule has 1 aromatic heterocycles. The van der Waals surface area contributed by atoms with Crippen LogP contribution < -0.4 is 5.32 Å². The van der Waals surface area contributed by atoms with Crippen molar-refractivity contribution < 1.29 is 4.79 Å². The highest BCUT2D eigenvalue weighted by Gasteiger charge is 2.13. The number of hydrogen-bond donors (Lipinski definition) is 1. The summed E-state index contributed by atoms with van der Waals surface area (Å²) >= 11 is 1.53. The summed E-state index contributed by atoms with van der Waals surface area (Å²) in [6.45, 7) is 3.98. The van der Waals surface area contributed by atoms with Crippen molar-refractivity contribution in [3.63, 3.8) is 0 Å². The number of thiazole rings is 1. The number of amides is 1. The van der Waals surface area contributed by atoms with Gasteiger partial charge in [0.25, 0.3) is 0 Å². The Morgan fingerprint density at radius 2 is 2.10 bits per heavy atom. The second kappa shape index (κ2) is 5.37. The summed E-state index contributed by atoms with van der Waals surface area (Å²) in [6, 6.07) is 6.42. The minimum absolute atomic E-state index is 0.0108. The molecule has 3 rings (SSSR count). The molecular weight excluding hydrogens is 268 g/mol. The summed E-state index contributed by atoms with van der Waals surface area (Å²) in [4.78, 5) is 17.5. The van der Waals surface area contributed by atoms with Gasteiger partial charge in [-0.1, -0.05) is 18.2 Å². The number of nitrogens with zero attached hydrogens (tertiary/aromatic N) is 1. The van der Waals surface area contributed by atoms with Crippen molar-refractivity contribution in [3.8, 4) is 0 Å². The van der Waals surface area contributed by atoms with Gasteiger partial charge in [-0.05, 0) is 49.8 Å². The zero-order valence-corrected chi connectivity index (χ0v) is 12.6. The summed E-state index contributed by atoms with van der Waals surface area (Å²) in [5.41, 5.74) is 4.94. The van der Waals surface area contributed by atoms with Crippen LogP contribution in [-0.2, 0) is 24.1 Å². The molecule has 3 nitrogen and oxygen atoms in total. The highest BCUT2D eigenvalue weighted by atomic mass is 32.1. The molecule has 1 aliphatic rings. The van der Waals surface area contributed by atoms with E-state index in [4.69, 9.17) is 0 Å². The molecule has 1 amide bonds. The molecule has 0 fully saturated rings. The van der Waals surface area contributed by atoms with Crippen LogP contribution in [0, 0.1) is 13.8 Å². The average Bonchev–Trinajstić information content (AvgIpc) is 2.96. The van der Waals surface area contributed by atoms with E-state index in [9.17, 15) is 4.79 Å². The van der Waals surface area contributed by atoms with Crippen LogP contribution in [0.3, 0.4) is 0 Å². The molecule has 1 aromatic carbocycles. The van der Waals surface area contributed by atoms with E-state index in [1.165, 1.54) is 35.3 Å². The second-order valence-electron chi connectivity index (χ2n) is 5.34. The number of rotatable bonds is 3. The molecular formula is C16H18N2OS. The van der Waals surface area contributed by atoms with Gasteiger partial charge < -0.3 is 5.32 Å². The van der Waals surface area contributed by atoms with Crippen molar-refractivity contribution >= 4 is 22.4 Å². The largest absolute Gasteiger partial charge is 0.302 e. The van der Waals surface area contributed by atoms with E-state index in [0.29, 0.717) is 11.6 Å². The fourth-order valence-electron chi connectivity index (χ4n) is 2.61. The average molecular weight is 286 g/mol. The Kier molecular flexibility index (Phi) is 3.57. The summed E-state index contributed by atoms with van der Waals surface area (Å²) in [5, 5.41) is 3.59. The molecule has 1 aliphatic carbocycles. The smallest absolute Gasteiger partial charge is 0.230 e. The highest BCUT2D eigenvalue weighted by molar-refractivity contribution is 7.15. The van der Waals surface area contributed by atoms with E-state index in [2.05, 4.69) is 28.5 Å². The number of benzene rings is 1. The molecule has 0 saturated carbocycles. The SMILES string of the molecule is Cc1nc(NC(=O)Cc2ccc3c(c2)CCC3)sc1C. The molecule has 0 aliphatic heterocycles. The first-order valence-corrected chi connectivity index (χ1v) is 7.78. The minimum Gasteiger partial charge on any atom is -0.302 e. The number of hydrogen-bond acceptors (Lipinski definition) is 3. The third-order valence-electron chi connectivity index (χ3n) is 3.80. The van der Waals surface area contributed by atoms with Crippen molar-refractivity contribution in [1.29, 1.82) is 0 Å². The van der Waals surface area contributed by atoms with Gasteiger partial charge in [-0.3, -0.25) is 4.79 Å². The Bertz CT molecular complexity index is 641. The lowest BCUT2D eigenvalue weighted by Gasteiger charge is -2.05. The number of nitrogens with one attached hydrogen (secondary N) is 1. The number of fused-ring (bicyclic) bond motifs is 1. The van der Waals surface area contributed by atoms with Crippen molar-refractivity contribution in [1.82, 2.24) is 4.98 Å². The van der Waals surface area contributed by atoms with E-state index in [1.807, 2.05) is 13.8 Å². The minimum atomic E-state index is 0.0108. The van der Waals surface area contributed by atoms with Gasteiger partial charge in [0.15, 0.2) is 5.13 Å². The van der Waals surface area contributed by atoms with Crippen LogP contribution in [-0.4, -0.2) is 10.9 Å². The number of carbonyl (C=O) groups is 1. The molecule has 4 heteroatoms. The molecule has 1 heterocycles. The van der Waals surface area contributed by atoms with Crippen molar-refractivity contribution in [2.24, 2.45) is 0 Å². The highest BCUT2D eigenvalue weighted by Crippen LogP contribution is 2.24. The molecule has 1 N–H and O–H groups in total. The third kappa shape index (κ3) is 2.75. The Balaban J connectivity index is 1.67. The molecule has 2 aromatic rings. The van der Waals surface area contributed by atoms with Gasteiger partial charge in [0.05, 0.1) is 12.1 Å². The van der Waals surface area contributed by atoms with Crippen LogP contribution in [0.5, 0.6) is 0 Å². The van der Waals surface area contributed by atoms with Crippen molar-refractivity contribution in [2.75, 3.05) is 5.32 Å². The molecule has 0 spiro atoms. The summed E-state index contributed by atoms with van der Waals surface area (Å²) in [6.07, 6.45) is 3.99. The number of aromatic nitrogens is 1. The van der Waals surface area contributed by atoms with E-state index in [-0.39, 0.29) is 5.91 Å². The Morgan fingerprint density at radius 3 is 2.85 bits per heavy atom. The Morgan fingerprint density at radius 1 is 1.30 bits per heavy atom. The van der Waals surface area contributed by atoms with Gasteiger partial charge >= 0.3 is 0 Å². The monoisotopic (exact) mass is 286 g/mol. The third-order valence-corrected chi connectivity index (χ3v) is 4.79. The lowest BCUT2D eigenvalue weighted by Crippen LogP contribution is -2.14. The first-order chi connectivity index (χ1) is 9.61. The van der Waals surface area contributed by atoms with Crippen LogP contribution in [0.15, 0.2) is 18.2 Å². The van der Waals surface area contributed by atoms with E-state index in [0.717, 1.165) is 22.6 Å². The first kappa shape index (κ1) is 13.3. The second-order valence-corrected chi connectivity index (χ2v) is 6.55. The van der Waals surface area contributed by atoms with E-state index in [1.54, 1.807) is 0 Å². The van der Waals surface area contributed by atoms with Gasteiger partial charge in [0.2, 0.25) is 5.91 Å². The standard InChI is InChI=1S/C16H18N2OS/c1-10-11(2)20-16(17-10)18-15(19)9-12-6-7-13-4-3-5-14(13)8-12/h6-8H,3-5,9H2,1-2H3,(H,17,18,19). The van der Waals surface area contributed by atoms with Gasteiger partial charge in [0, 0.05) is 4.88 Å². The predicted octanol–water partition coefficient (Wildman–Crippen LogP) is 3.43. The molecule has 0 unspecified atom stereocenters. The molecule has 0 saturated heterocycles. The fraction of sp³-hybridized carbons (Fsp3) is 0.375. The molecule has 0 bridgehead atoms. The Hall–Kier alpha value is -1.68. The maximum absolute atomic E-state index is 12.1. The number of carbonyl (C=O) groups excluding carboxylic acids is 1. The lowest BCUT2D eigenvalue weighted by molar-refractivity contribution is -0.115. The summed E-state index contributed by atoms with van der Waals surface area (Å²) in [5.74, 6) is 0.0108. The molecule has 0 radical (unpaired) electrons. The van der Waals surface area contributed by atoms with Crippen LogP contribution in [0.25, 0.3) is 0 Å². The predicted molar refractivity (Wildman–Crippen MR) is 82.4 cm³/mol. The maximum atomic E-state index is 12.1. The maximum Gasteiger partial charge on any atom is 0.230 e. The van der Waals surface area contributed by atoms with Crippen molar-refractivity contribution in [2.45, 2.75) is 39.5 Å². The molecule has 104 valence electrons. The van der Waals surface area contributed by atoms with Crippen molar-refractivity contribution in [3.05, 3.63) is 45.5 Å². The quantitative estimate of drug-likeness (QED) is 0.939. The fourth-order valence-corrected chi connectivity index (χ4v) is 3.44. The van der Waals surface area contributed by atoms with Crippen LogP contribution >= 0.6 is 11.3 Å². The summed E-state index contributed by atoms with van der Waals surface area (Å²) < 4.78 is 0. The van der Waals surface area contributed by atoms with E-state index < -0.39 is 0 Å². The van der Waals surface area contributed by atoms with Crippen LogP contribution in [0.1, 0.15) is 33.7 Å². The van der Waals surface area contributed by atoms with E-state index >= 15 is 0 Å². The zero-order chi connectivity index (χ0) is 14.1. The van der Waals surface area contributed by atoms with Crippen LogP contribution in [0.2, 0.25) is 0 Å². The normalized spacial score (nSPS) is 13.3. The van der Waals surface area contributed by atoms with Gasteiger partial charge in [-0.2, -0.15) is 0 Å². The number of anilines is 1. The molecule has 0 atom stereocenters. The number of aryl methyl sites for hydroxylation is 4. The topological polar surface area (TPSA) is 42.0 Å². The van der Waals surface area contributed by atoms with Gasteiger partial charge in [0.1, 0.15) is 0 Å². The van der Waals surface area contributed by atoms with Gasteiger partial charge in [-0.15, -0.1) is 11.3 Å². The lowest BCUT2D eigenvalue weighted by atomic mass is 10.0. The first-order valence-electron chi connectivity index (χ1n) is 6.96. The molecule has 20 heavy (non-hydrogen) atoms. The summed E-state index contributed by atoms with van der Waals surface area (Å²) in [7, 11) is 0. The van der Waals surface area contributed by atoms with Gasteiger partial charge in [-0.25, -0.2) is 4.98 Å². The zero-order valence-electron chi connectivity index (χ0n) is 11.8.